The maximum absolute atomic E-state index is 4.83. The minimum absolute atomic E-state index is 0.405. The predicted molar refractivity (Wildman–Crippen MR) is 92.1 cm³/mol. The van der Waals surface area contributed by atoms with E-state index in [-0.39, 0.29) is 0 Å². The van der Waals surface area contributed by atoms with Crippen molar-refractivity contribution < 1.29 is 0 Å². The van der Waals surface area contributed by atoms with Crippen LogP contribution in [0.25, 0.3) is 10.9 Å². The van der Waals surface area contributed by atoms with Crippen LogP contribution in [0.3, 0.4) is 0 Å². The lowest BCUT2D eigenvalue weighted by Crippen LogP contribution is -2.25. The Kier molecular flexibility index (Phi) is 3.62. The summed E-state index contributed by atoms with van der Waals surface area (Å²) in [6.45, 7) is 4.07. The smallest absolute Gasteiger partial charge is 0.126 e. The molecule has 0 amide bonds. The van der Waals surface area contributed by atoms with Crippen LogP contribution < -0.4 is 0 Å². The molecule has 2 aromatic heterocycles. The van der Waals surface area contributed by atoms with Crippen molar-refractivity contribution in [3.8, 4) is 0 Å². The van der Waals surface area contributed by atoms with Crippen LogP contribution in [0.1, 0.15) is 36.1 Å². The Morgan fingerprint density at radius 2 is 2.00 bits per heavy atom. The third-order valence-corrected chi connectivity index (χ3v) is 4.72. The Morgan fingerprint density at radius 3 is 2.83 bits per heavy atom. The van der Waals surface area contributed by atoms with Crippen molar-refractivity contribution in [2.45, 2.75) is 32.4 Å². The Balaban J connectivity index is 1.60. The summed E-state index contributed by atoms with van der Waals surface area (Å²) < 4.78 is 2.17. The number of hydrogen-bond donors (Lipinski definition) is 0. The first-order valence-corrected chi connectivity index (χ1v) is 8.29. The number of fused-ring (bicyclic) bond motifs is 1. The number of imidazole rings is 1. The number of pyridine rings is 1. The van der Waals surface area contributed by atoms with E-state index in [4.69, 9.17) is 9.97 Å². The lowest BCUT2D eigenvalue weighted by atomic mass is 10.2. The van der Waals surface area contributed by atoms with Gasteiger partial charge in [-0.05, 0) is 38.4 Å². The van der Waals surface area contributed by atoms with Crippen LogP contribution in [0, 0.1) is 6.92 Å². The zero-order valence-electron chi connectivity index (χ0n) is 13.7. The Morgan fingerprint density at radius 1 is 1.13 bits per heavy atom. The molecule has 0 aliphatic carbocycles. The van der Waals surface area contributed by atoms with Crippen LogP contribution in [0.4, 0.5) is 0 Å². The number of aryl methyl sites for hydroxylation is 2. The van der Waals surface area contributed by atoms with Gasteiger partial charge in [-0.1, -0.05) is 24.3 Å². The molecule has 3 heterocycles. The van der Waals surface area contributed by atoms with E-state index in [1.54, 1.807) is 0 Å². The monoisotopic (exact) mass is 306 g/mol. The van der Waals surface area contributed by atoms with Gasteiger partial charge in [-0.2, -0.15) is 0 Å². The summed E-state index contributed by atoms with van der Waals surface area (Å²) in [6, 6.07) is 13.0. The van der Waals surface area contributed by atoms with Crippen LogP contribution in [0.15, 0.2) is 42.6 Å². The van der Waals surface area contributed by atoms with Gasteiger partial charge in [0.1, 0.15) is 5.82 Å². The molecule has 0 spiro atoms. The first-order chi connectivity index (χ1) is 11.2. The minimum atomic E-state index is 0.405. The molecule has 0 unspecified atom stereocenters. The van der Waals surface area contributed by atoms with Gasteiger partial charge in [-0.25, -0.2) is 4.98 Å². The standard InChI is InChI=1S/C19H22N4/c1-14-12-22(2)19(20-14)18-8-5-11-23(18)13-16-10-9-15-6-3-4-7-17(15)21-16/h3-4,6-7,9-10,12,18H,5,8,11,13H2,1-2H3/t18-/m1/s1. The predicted octanol–water partition coefficient (Wildman–Crippen LogP) is 3.61. The second-order valence-corrected chi connectivity index (χ2v) is 6.48. The van der Waals surface area contributed by atoms with Crippen molar-refractivity contribution in [3.05, 3.63) is 59.8 Å². The second kappa shape index (κ2) is 5.78. The average molecular weight is 306 g/mol. The molecular weight excluding hydrogens is 284 g/mol. The molecule has 0 N–H and O–H groups in total. The quantitative estimate of drug-likeness (QED) is 0.741. The molecule has 4 nitrogen and oxygen atoms in total. The van der Waals surface area contributed by atoms with Crippen LogP contribution in [-0.4, -0.2) is 26.0 Å². The van der Waals surface area contributed by atoms with E-state index in [2.05, 4.69) is 66.0 Å². The van der Waals surface area contributed by atoms with Gasteiger partial charge in [0.15, 0.2) is 0 Å². The molecule has 1 aliphatic rings. The molecule has 1 saturated heterocycles. The molecule has 0 radical (unpaired) electrons. The summed E-state index contributed by atoms with van der Waals surface area (Å²) in [5, 5.41) is 1.20. The maximum atomic E-state index is 4.83. The average Bonchev–Trinajstić information content (AvgIpc) is 3.13. The van der Waals surface area contributed by atoms with E-state index < -0.39 is 0 Å². The summed E-state index contributed by atoms with van der Waals surface area (Å²) >= 11 is 0. The molecule has 0 bridgehead atoms. The van der Waals surface area contributed by atoms with E-state index in [0.29, 0.717) is 6.04 Å². The third-order valence-electron chi connectivity index (χ3n) is 4.72. The van der Waals surface area contributed by atoms with Crippen molar-refractivity contribution in [1.29, 1.82) is 0 Å². The summed E-state index contributed by atoms with van der Waals surface area (Å²) in [6.07, 6.45) is 4.52. The van der Waals surface area contributed by atoms with E-state index in [1.165, 1.54) is 24.1 Å². The fraction of sp³-hybridized carbons (Fsp3) is 0.368. The number of nitrogens with zero attached hydrogens (tertiary/aromatic N) is 4. The third kappa shape index (κ3) is 2.75. The Hall–Kier alpha value is -2.20. The van der Waals surface area contributed by atoms with E-state index in [1.807, 2.05) is 0 Å². The molecule has 4 rings (SSSR count). The zero-order chi connectivity index (χ0) is 15.8. The first-order valence-electron chi connectivity index (χ1n) is 8.29. The molecular formula is C19H22N4. The molecule has 118 valence electrons. The largest absolute Gasteiger partial charge is 0.336 e. The number of para-hydroxylation sites is 1. The van der Waals surface area contributed by atoms with Gasteiger partial charge in [0.05, 0.1) is 22.9 Å². The molecule has 1 aliphatic heterocycles. The molecule has 0 saturated carbocycles. The number of benzene rings is 1. The second-order valence-electron chi connectivity index (χ2n) is 6.48. The molecule has 23 heavy (non-hydrogen) atoms. The number of aromatic nitrogens is 3. The highest BCUT2D eigenvalue weighted by Gasteiger charge is 2.29. The SMILES string of the molecule is Cc1cn(C)c([C@H]2CCCN2Cc2ccc3ccccc3n2)n1. The molecule has 1 aromatic carbocycles. The van der Waals surface area contributed by atoms with E-state index in [9.17, 15) is 0 Å². The number of likely N-dealkylation sites (tertiary alicyclic amines) is 1. The van der Waals surface area contributed by atoms with E-state index >= 15 is 0 Å². The Bertz CT molecular complexity index is 836. The normalized spacial score (nSPS) is 18.8. The minimum Gasteiger partial charge on any atom is -0.336 e. The van der Waals surface area contributed by atoms with Gasteiger partial charge in [0, 0.05) is 25.2 Å². The van der Waals surface area contributed by atoms with Gasteiger partial charge in [-0.3, -0.25) is 9.88 Å². The van der Waals surface area contributed by atoms with Crippen LogP contribution in [0.2, 0.25) is 0 Å². The lowest BCUT2D eigenvalue weighted by Gasteiger charge is -2.23. The van der Waals surface area contributed by atoms with Crippen LogP contribution >= 0.6 is 0 Å². The molecule has 3 aromatic rings. The van der Waals surface area contributed by atoms with Gasteiger partial charge in [0.25, 0.3) is 0 Å². The van der Waals surface area contributed by atoms with Crippen molar-refractivity contribution in [3.63, 3.8) is 0 Å². The molecule has 1 atom stereocenters. The lowest BCUT2D eigenvalue weighted by molar-refractivity contribution is 0.234. The van der Waals surface area contributed by atoms with Gasteiger partial charge in [-0.15, -0.1) is 0 Å². The zero-order valence-corrected chi connectivity index (χ0v) is 13.7. The van der Waals surface area contributed by atoms with E-state index in [0.717, 1.165) is 30.0 Å². The highest BCUT2D eigenvalue weighted by molar-refractivity contribution is 5.78. The molecule has 1 fully saturated rings. The van der Waals surface area contributed by atoms with Crippen molar-refractivity contribution in [1.82, 2.24) is 19.4 Å². The summed E-state index contributed by atoms with van der Waals surface area (Å²) in [7, 11) is 2.10. The summed E-state index contributed by atoms with van der Waals surface area (Å²) in [5.41, 5.74) is 3.31. The molecule has 4 heteroatoms. The van der Waals surface area contributed by atoms with Crippen LogP contribution in [0.5, 0.6) is 0 Å². The highest BCUT2D eigenvalue weighted by Crippen LogP contribution is 2.32. The van der Waals surface area contributed by atoms with Gasteiger partial charge < -0.3 is 4.57 Å². The fourth-order valence-corrected chi connectivity index (χ4v) is 3.66. The topological polar surface area (TPSA) is 34.0 Å². The maximum Gasteiger partial charge on any atom is 0.126 e. The van der Waals surface area contributed by atoms with Crippen molar-refractivity contribution in [2.24, 2.45) is 7.05 Å². The Labute approximate surface area is 136 Å². The van der Waals surface area contributed by atoms with Crippen molar-refractivity contribution in [2.75, 3.05) is 6.54 Å². The number of hydrogen-bond acceptors (Lipinski definition) is 3. The fourth-order valence-electron chi connectivity index (χ4n) is 3.66. The van der Waals surface area contributed by atoms with Gasteiger partial charge in [0.2, 0.25) is 0 Å². The van der Waals surface area contributed by atoms with Crippen molar-refractivity contribution >= 4 is 10.9 Å². The summed E-state index contributed by atoms with van der Waals surface area (Å²) in [4.78, 5) is 12.1. The highest BCUT2D eigenvalue weighted by atomic mass is 15.2. The van der Waals surface area contributed by atoms with Crippen LogP contribution in [-0.2, 0) is 13.6 Å². The number of rotatable bonds is 3. The van der Waals surface area contributed by atoms with Gasteiger partial charge >= 0.3 is 0 Å². The summed E-state index contributed by atoms with van der Waals surface area (Å²) in [5.74, 6) is 1.18. The first kappa shape index (κ1) is 14.4.